The SMILES string of the molecule is CCOC1CC(O)C12CCN(C(=O)NC(C)c1ccc(C)o1)CC2. The maximum Gasteiger partial charge on any atom is 0.317 e. The minimum absolute atomic E-state index is 0.0758. The van der Waals surface area contributed by atoms with Crippen molar-refractivity contribution in [1.29, 1.82) is 0 Å². The van der Waals surface area contributed by atoms with E-state index in [0.717, 1.165) is 30.8 Å². The molecule has 24 heavy (non-hydrogen) atoms. The van der Waals surface area contributed by atoms with Gasteiger partial charge in [0.05, 0.1) is 18.2 Å². The molecule has 0 aromatic carbocycles. The summed E-state index contributed by atoms with van der Waals surface area (Å²) in [7, 11) is 0. The lowest BCUT2D eigenvalue weighted by atomic mass is 9.58. The van der Waals surface area contributed by atoms with Crippen LogP contribution < -0.4 is 5.32 Å². The lowest BCUT2D eigenvalue weighted by molar-refractivity contribution is -0.207. The summed E-state index contributed by atoms with van der Waals surface area (Å²) in [6.07, 6.45) is 2.13. The van der Waals surface area contributed by atoms with Gasteiger partial charge in [-0.1, -0.05) is 0 Å². The standard InChI is InChI=1S/C18H28N2O4/c1-4-23-16-11-15(21)18(16)7-9-20(10-8-18)17(22)19-13(3)14-6-5-12(2)24-14/h5-6,13,15-16,21H,4,7-11H2,1-3H3,(H,19,22). The molecule has 2 N–H and O–H groups in total. The van der Waals surface area contributed by atoms with Crippen LogP contribution in [0.5, 0.6) is 0 Å². The molecule has 1 spiro atoms. The predicted molar refractivity (Wildman–Crippen MR) is 89.7 cm³/mol. The molecule has 1 aliphatic carbocycles. The summed E-state index contributed by atoms with van der Waals surface area (Å²) in [5, 5.41) is 13.2. The average molecular weight is 336 g/mol. The highest BCUT2D eigenvalue weighted by atomic mass is 16.5. The molecule has 0 radical (unpaired) electrons. The van der Waals surface area contributed by atoms with Gasteiger partial charge >= 0.3 is 6.03 Å². The van der Waals surface area contributed by atoms with E-state index in [4.69, 9.17) is 9.15 Å². The molecule has 2 aliphatic rings. The van der Waals surface area contributed by atoms with Crippen molar-refractivity contribution in [2.24, 2.45) is 5.41 Å². The highest BCUT2D eigenvalue weighted by molar-refractivity contribution is 5.74. The van der Waals surface area contributed by atoms with Crippen LogP contribution in [0.25, 0.3) is 0 Å². The number of amides is 2. The molecule has 1 saturated carbocycles. The third-order valence-corrected chi connectivity index (χ3v) is 5.62. The number of hydrogen-bond acceptors (Lipinski definition) is 4. The first kappa shape index (κ1) is 17.3. The number of urea groups is 1. The molecule has 3 rings (SSSR count). The molecule has 1 aliphatic heterocycles. The Balaban J connectivity index is 1.53. The van der Waals surface area contributed by atoms with Crippen molar-refractivity contribution in [3.05, 3.63) is 23.7 Å². The largest absolute Gasteiger partial charge is 0.464 e. The fourth-order valence-electron chi connectivity index (χ4n) is 3.98. The summed E-state index contributed by atoms with van der Waals surface area (Å²) in [6, 6.07) is 3.55. The highest BCUT2D eigenvalue weighted by Gasteiger charge is 2.56. The van der Waals surface area contributed by atoms with E-state index in [1.807, 2.05) is 37.8 Å². The Morgan fingerprint density at radius 1 is 1.50 bits per heavy atom. The van der Waals surface area contributed by atoms with Gasteiger partial charge in [-0.2, -0.15) is 0 Å². The van der Waals surface area contributed by atoms with Gasteiger partial charge in [-0.3, -0.25) is 0 Å². The number of nitrogens with one attached hydrogen (secondary N) is 1. The van der Waals surface area contributed by atoms with Gasteiger partial charge in [-0.15, -0.1) is 0 Å². The number of furan rings is 1. The van der Waals surface area contributed by atoms with E-state index in [2.05, 4.69) is 5.32 Å². The lowest BCUT2D eigenvalue weighted by Gasteiger charge is -2.56. The van der Waals surface area contributed by atoms with E-state index in [-0.39, 0.29) is 29.7 Å². The Labute approximate surface area is 143 Å². The summed E-state index contributed by atoms with van der Waals surface area (Å²) in [6.45, 7) is 7.76. The number of aliphatic hydroxyl groups is 1. The fraction of sp³-hybridized carbons (Fsp3) is 0.722. The second-order valence-electron chi connectivity index (χ2n) is 7.04. The van der Waals surface area contributed by atoms with Gasteiger partial charge in [0, 0.05) is 31.5 Å². The highest BCUT2D eigenvalue weighted by Crippen LogP contribution is 2.50. The first-order chi connectivity index (χ1) is 11.5. The molecule has 134 valence electrons. The molecule has 6 nitrogen and oxygen atoms in total. The Hall–Kier alpha value is -1.53. The second kappa shape index (κ2) is 6.76. The maximum atomic E-state index is 12.5. The molecule has 3 unspecified atom stereocenters. The van der Waals surface area contributed by atoms with E-state index in [0.29, 0.717) is 19.7 Å². The number of piperidine rings is 1. The van der Waals surface area contributed by atoms with Crippen molar-refractivity contribution >= 4 is 6.03 Å². The van der Waals surface area contributed by atoms with Gasteiger partial charge in [0.2, 0.25) is 0 Å². The molecule has 1 saturated heterocycles. The Morgan fingerprint density at radius 2 is 2.21 bits per heavy atom. The molecule has 1 aromatic heterocycles. The van der Waals surface area contributed by atoms with Crippen LogP contribution in [0.3, 0.4) is 0 Å². The molecule has 2 heterocycles. The fourth-order valence-corrected chi connectivity index (χ4v) is 3.98. The van der Waals surface area contributed by atoms with Crippen LogP contribution in [0.15, 0.2) is 16.5 Å². The number of hydrogen-bond donors (Lipinski definition) is 2. The number of nitrogens with zero attached hydrogens (tertiary/aromatic N) is 1. The Kier molecular flexibility index (Phi) is 4.88. The summed E-state index contributed by atoms with van der Waals surface area (Å²) < 4.78 is 11.3. The molecule has 6 heteroatoms. The van der Waals surface area contributed by atoms with Crippen LogP contribution in [0.2, 0.25) is 0 Å². The van der Waals surface area contributed by atoms with Crippen LogP contribution in [0.1, 0.15) is 50.7 Å². The van der Waals surface area contributed by atoms with Crippen molar-refractivity contribution in [2.45, 2.75) is 58.3 Å². The van der Waals surface area contributed by atoms with E-state index < -0.39 is 0 Å². The van der Waals surface area contributed by atoms with E-state index in [9.17, 15) is 9.90 Å². The first-order valence-corrected chi connectivity index (χ1v) is 8.87. The van der Waals surface area contributed by atoms with Gasteiger partial charge in [0.15, 0.2) is 0 Å². The third kappa shape index (κ3) is 3.05. The summed E-state index contributed by atoms with van der Waals surface area (Å²) in [5.74, 6) is 1.60. The zero-order chi connectivity index (χ0) is 17.3. The monoisotopic (exact) mass is 336 g/mol. The number of carbonyl (C=O) groups excluding carboxylic acids is 1. The van der Waals surface area contributed by atoms with Crippen molar-refractivity contribution in [1.82, 2.24) is 10.2 Å². The number of ether oxygens (including phenoxy) is 1. The van der Waals surface area contributed by atoms with Crippen molar-refractivity contribution in [3.63, 3.8) is 0 Å². The van der Waals surface area contributed by atoms with Crippen molar-refractivity contribution in [2.75, 3.05) is 19.7 Å². The Bertz CT molecular complexity index is 575. The van der Waals surface area contributed by atoms with Crippen molar-refractivity contribution < 1.29 is 19.1 Å². The van der Waals surface area contributed by atoms with Crippen LogP contribution in [0.4, 0.5) is 4.79 Å². The zero-order valence-electron chi connectivity index (χ0n) is 14.7. The molecule has 0 bridgehead atoms. The number of aliphatic hydroxyl groups excluding tert-OH is 1. The van der Waals surface area contributed by atoms with E-state index in [1.54, 1.807) is 0 Å². The van der Waals surface area contributed by atoms with Gasteiger partial charge < -0.3 is 24.5 Å². The lowest BCUT2D eigenvalue weighted by Crippen LogP contribution is -2.63. The summed E-state index contributed by atoms with van der Waals surface area (Å²) in [4.78, 5) is 14.3. The molecular weight excluding hydrogens is 308 g/mol. The molecule has 3 atom stereocenters. The summed E-state index contributed by atoms with van der Waals surface area (Å²) >= 11 is 0. The number of aryl methyl sites for hydroxylation is 1. The Morgan fingerprint density at radius 3 is 2.75 bits per heavy atom. The van der Waals surface area contributed by atoms with Gasteiger partial charge in [0.25, 0.3) is 0 Å². The molecule has 2 fully saturated rings. The number of likely N-dealkylation sites (tertiary alicyclic amines) is 1. The average Bonchev–Trinajstić information content (AvgIpc) is 3.01. The van der Waals surface area contributed by atoms with Crippen LogP contribution in [0, 0.1) is 12.3 Å². The number of carbonyl (C=O) groups is 1. The quantitative estimate of drug-likeness (QED) is 0.886. The first-order valence-electron chi connectivity index (χ1n) is 8.87. The normalized spacial score (nSPS) is 26.9. The van der Waals surface area contributed by atoms with E-state index >= 15 is 0 Å². The smallest absolute Gasteiger partial charge is 0.317 e. The van der Waals surface area contributed by atoms with Crippen LogP contribution in [-0.2, 0) is 4.74 Å². The summed E-state index contributed by atoms with van der Waals surface area (Å²) in [5.41, 5.74) is -0.156. The maximum absolute atomic E-state index is 12.5. The van der Waals surface area contributed by atoms with E-state index in [1.165, 1.54) is 0 Å². The third-order valence-electron chi connectivity index (χ3n) is 5.62. The van der Waals surface area contributed by atoms with Crippen LogP contribution >= 0.6 is 0 Å². The molecule has 1 aromatic rings. The van der Waals surface area contributed by atoms with Gasteiger partial charge in [-0.25, -0.2) is 4.79 Å². The predicted octanol–water partition coefficient (Wildman–Crippen LogP) is 2.61. The zero-order valence-corrected chi connectivity index (χ0v) is 14.7. The molecular formula is C18H28N2O4. The van der Waals surface area contributed by atoms with Crippen molar-refractivity contribution in [3.8, 4) is 0 Å². The minimum Gasteiger partial charge on any atom is -0.464 e. The second-order valence-corrected chi connectivity index (χ2v) is 7.04. The van der Waals surface area contributed by atoms with Gasteiger partial charge in [0.1, 0.15) is 11.5 Å². The van der Waals surface area contributed by atoms with Gasteiger partial charge in [-0.05, 0) is 45.7 Å². The topological polar surface area (TPSA) is 74.9 Å². The minimum atomic E-state index is -0.302. The number of rotatable bonds is 4. The molecule has 2 amide bonds. The van der Waals surface area contributed by atoms with Crippen LogP contribution in [-0.4, -0.2) is 47.9 Å².